The van der Waals surface area contributed by atoms with E-state index in [0.29, 0.717) is 0 Å². The summed E-state index contributed by atoms with van der Waals surface area (Å²) in [7, 11) is 0. The lowest BCUT2D eigenvalue weighted by atomic mass is 10.2. The topological polar surface area (TPSA) is 3.24 Å². The van der Waals surface area contributed by atoms with Crippen LogP contribution in [0.4, 0.5) is 5.69 Å². The van der Waals surface area contributed by atoms with E-state index >= 15 is 0 Å². The molecule has 1 nitrogen and oxygen atoms in total. The quantitative estimate of drug-likeness (QED) is 0.701. The summed E-state index contributed by atoms with van der Waals surface area (Å²) in [6.07, 6.45) is 6.76. The van der Waals surface area contributed by atoms with E-state index in [9.17, 15) is 0 Å². The standard InChI is InChI=1S/C18H21N/c1-2-3-15-19(18-12-8-5-9-13-18)16-14-17-10-6-4-7-11-17/h4-14,16H,2-3,15H2,1H3/b16-14-. The summed E-state index contributed by atoms with van der Waals surface area (Å²) in [6.45, 7) is 3.29. The fourth-order valence-corrected chi connectivity index (χ4v) is 1.98. The van der Waals surface area contributed by atoms with Gasteiger partial charge in [-0.3, -0.25) is 0 Å². The van der Waals surface area contributed by atoms with Gasteiger partial charge in [-0.25, -0.2) is 0 Å². The maximum absolute atomic E-state index is 2.32. The molecule has 0 fully saturated rings. The molecule has 0 amide bonds. The number of unbranched alkanes of at least 4 members (excludes halogenated alkanes) is 1. The lowest BCUT2D eigenvalue weighted by Gasteiger charge is -2.20. The zero-order valence-corrected chi connectivity index (χ0v) is 11.5. The van der Waals surface area contributed by atoms with Crippen LogP contribution in [0.2, 0.25) is 0 Å². The van der Waals surface area contributed by atoms with Crippen LogP contribution in [0.3, 0.4) is 0 Å². The number of nitrogens with zero attached hydrogens (tertiary/aromatic N) is 1. The van der Waals surface area contributed by atoms with E-state index in [0.717, 1.165) is 6.54 Å². The average Bonchev–Trinajstić information content (AvgIpc) is 2.49. The Morgan fingerprint density at radius 3 is 2.16 bits per heavy atom. The highest BCUT2D eigenvalue weighted by molar-refractivity contribution is 5.57. The Morgan fingerprint density at radius 1 is 0.895 bits per heavy atom. The minimum atomic E-state index is 1.06. The first-order valence-electron chi connectivity index (χ1n) is 6.95. The molecule has 0 aromatic heterocycles. The second kappa shape index (κ2) is 7.42. The number of benzene rings is 2. The molecule has 2 rings (SSSR count). The number of hydrogen-bond donors (Lipinski definition) is 0. The molecule has 0 unspecified atom stereocenters. The van der Waals surface area contributed by atoms with Crippen molar-refractivity contribution in [2.45, 2.75) is 19.8 Å². The van der Waals surface area contributed by atoms with Gasteiger partial charge in [0.2, 0.25) is 0 Å². The number of rotatable bonds is 6. The van der Waals surface area contributed by atoms with E-state index in [-0.39, 0.29) is 0 Å². The molecule has 0 saturated carbocycles. The van der Waals surface area contributed by atoms with Crippen molar-refractivity contribution in [3.63, 3.8) is 0 Å². The largest absolute Gasteiger partial charge is 0.348 e. The Hall–Kier alpha value is -2.02. The molecule has 2 aromatic carbocycles. The van der Waals surface area contributed by atoms with E-state index in [2.05, 4.69) is 78.7 Å². The predicted molar refractivity (Wildman–Crippen MR) is 84.2 cm³/mol. The van der Waals surface area contributed by atoms with Crippen molar-refractivity contribution in [1.29, 1.82) is 0 Å². The minimum Gasteiger partial charge on any atom is -0.348 e. The summed E-state index contributed by atoms with van der Waals surface area (Å²) in [5, 5.41) is 0. The first kappa shape index (κ1) is 13.4. The van der Waals surface area contributed by atoms with Crippen molar-refractivity contribution in [3.8, 4) is 0 Å². The molecule has 19 heavy (non-hydrogen) atoms. The summed E-state index contributed by atoms with van der Waals surface area (Å²) in [6, 6.07) is 21.0. The molecule has 0 aliphatic heterocycles. The van der Waals surface area contributed by atoms with Gasteiger partial charge in [-0.2, -0.15) is 0 Å². The van der Waals surface area contributed by atoms with Gasteiger partial charge in [0, 0.05) is 18.4 Å². The van der Waals surface area contributed by atoms with Gasteiger partial charge in [0.05, 0.1) is 0 Å². The molecule has 0 saturated heterocycles. The predicted octanol–water partition coefficient (Wildman–Crippen LogP) is 4.96. The van der Waals surface area contributed by atoms with Crippen LogP contribution in [-0.4, -0.2) is 6.54 Å². The molecule has 0 spiro atoms. The lowest BCUT2D eigenvalue weighted by Crippen LogP contribution is -2.16. The highest BCUT2D eigenvalue weighted by Crippen LogP contribution is 2.15. The van der Waals surface area contributed by atoms with Gasteiger partial charge in [0.15, 0.2) is 0 Å². The first-order valence-corrected chi connectivity index (χ1v) is 6.95. The van der Waals surface area contributed by atoms with Crippen LogP contribution in [0, 0.1) is 0 Å². The second-order valence-electron chi connectivity index (χ2n) is 4.61. The zero-order chi connectivity index (χ0) is 13.3. The third-order valence-electron chi connectivity index (χ3n) is 3.09. The highest BCUT2D eigenvalue weighted by atomic mass is 15.1. The smallest absolute Gasteiger partial charge is 0.0406 e. The molecular weight excluding hydrogens is 230 g/mol. The van der Waals surface area contributed by atoms with Gasteiger partial charge < -0.3 is 4.90 Å². The Balaban J connectivity index is 2.12. The molecule has 98 valence electrons. The van der Waals surface area contributed by atoms with Gasteiger partial charge in [-0.05, 0) is 30.2 Å². The van der Waals surface area contributed by atoms with Crippen LogP contribution in [0.25, 0.3) is 6.08 Å². The van der Waals surface area contributed by atoms with Crippen molar-refractivity contribution in [3.05, 3.63) is 72.4 Å². The monoisotopic (exact) mass is 251 g/mol. The van der Waals surface area contributed by atoms with Gasteiger partial charge in [-0.15, -0.1) is 0 Å². The summed E-state index contributed by atoms with van der Waals surface area (Å²) in [4.78, 5) is 2.32. The molecule has 0 bridgehead atoms. The lowest BCUT2D eigenvalue weighted by molar-refractivity contribution is 0.783. The van der Waals surface area contributed by atoms with Gasteiger partial charge in [0.1, 0.15) is 0 Å². The summed E-state index contributed by atoms with van der Waals surface area (Å²) < 4.78 is 0. The van der Waals surface area contributed by atoms with Crippen LogP contribution in [0.5, 0.6) is 0 Å². The third-order valence-corrected chi connectivity index (χ3v) is 3.09. The number of para-hydroxylation sites is 1. The zero-order valence-electron chi connectivity index (χ0n) is 11.5. The third kappa shape index (κ3) is 4.29. The SMILES string of the molecule is CCCCN(/C=C\c1ccccc1)c1ccccc1. The summed E-state index contributed by atoms with van der Waals surface area (Å²) >= 11 is 0. The molecule has 1 heteroatoms. The van der Waals surface area contributed by atoms with E-state index in [1.54, 1.807) is 0 Å². The maximum atomic E-state index is 2.32. The van der Waals surface area contributed by atoms with Crippen molar-refractivity contribution in [2.75, 3.05) is 11.4 Å². The minimum absolute atomic E-state index is 1.06. The van der Waals surface area contributed by atoms with Crippen LogP contribution >= 0.6 is 0 Å². The number of anilines is 1. The summed E-state index contributed by atoms with van der Waals surface area (Å²) in [5.74, 6) is 0. The van der Waals surface area contributed by atoms with Crippen molar-refractivity contribution >= 4 is 11.8 Å². The molecule has 0 heterocycles. The van der Waals surface area contributed by atoms with Crippen LogP contribution in [0.15, 0.2) is 66.9 Å². The van der Waals surface area contributed by atoms with Gasteiger partial charge in [-0.1, -0.05) is 61.9 Å². The van der Waals surface area contributed by atoms with E-state index in [4.69, 9.17) is 0 Å². The molecule has 0 N–H and O–H groups in total. The molecular formula is C18H21N. The van der Waals surface area contributed by atoms with Crippen molar-refractivity contribution in [2.24, 2.45) is 0 Å². The van der Waals surface area contributed by atoms with Gasteiger partial charge in [0.25, 0.3) is 0 Å². The highest BCUT2D eigenvalue weighted by Gasteiger charge is 2.01. The number of hydrogen-bond acceptors (Lipinski definition) is 1. The van der Waals surface area contributed by atoms with Crippen molar-refractivity contribution in [1.82, 2.24) is 0 Å². The van der Waals surface area contributed by atoms with Gasteiger partial charge >= 0.3 is 0 Å². The fourth-order valence-electron chi connectivity index (χ4n) is 1.98. The summed E-state index contributed by atoms with van der Waals surface area (Å²) in [5.41, 5.74) is 2.49. The molecule has 0 aliphatic carbocycles. The second-order valence-corrected chi connectivity index (χ2v) is 4.61. The Kier molecular flexibility index (Phi) is 5.24. The first-order chi connectivity index (χ1) is 9.40. The van der Waals surface area contributed by atoms with Crippen LogP contribution in [0.1, 0.15) is 25.3 Å². The average molecular weight is 251 g/mol. The molecule has 2 aromatic rings. The van der Waals surface area contributed by atoms with Crippen molar-refractivity contribution < 1.29 is 0 Å². The van der Waals surface area contributed by atoms with Crippen LogP contribution < -0.4 is 4.90 Å². The molecule has 0 atom stereocenters. The Morgan fingerprint density at radius 2 is 1.53 bits per heavy atom. The molecule has 0 aliphatic rings. The van der Waals surface area contributed by atoms with Crippen LogP contribution in [-0.2, 0) is 0 Å². The molecule has 0 radical (unpaired) electrons. The van der Waals surface area contributed by atoms with E-state index in [1.807, 2.05) is 6.07 Å². The normalized spacial score (nSPS) is 10.8. The van der Waals surface area contributed by atoms with E-state index < -0.39 is 0 Å². The Bertz CT molecular complexity index is 488. The fraction of sp³-hybridized carbons (Fsp3) is 0.222. The van der Waals surface area contributed by atoms with E-state index in [1.165, 1.54) is 24.1 Å². The maximum Gasteiger partial charge on any atom is 0.0406 e. The Labute approximate surface area is 116 Å².